The summed E-state index contributed by atoms with van der Waals surface area (Å²) < 4.78 is 0. The lowest BCUT2D eigenvalue weighted by atomic mass is 10.1. The Labute approximate surface area is 185 Å². The second-order valence-corrected chi connectivity index (χ2v) is 8.57. The zero-order chi connectivity index (χ0) is 21.1. The molecule has 0 spiro atoms. The van der Waals surface area contributed by atoms with E-state index in [2.05, 4.69) is 5.32 Å². The van der Waals surface area contributed by atoms with Crippen molar-refractivity contribution in [2.75, 3.05) is 16.0 Å². The maximum Gasteiger partial charge on any atom is 0.246 e. The molecule has 152 valence electrons. The van der Waals surface area contributed by atoms with Crippen molar-refractivity contribution in [3.05, 3.63) is 95.6 Å². The van der Waals surface area contributed by atoms with Gasteiger partial charge in [-0.1, -0.05) is 66.7 Å². The van der Waals surface area contributed by atoms with Crippen molar-refractivity contribution in [3.8, 4) is 0 Å². The van der Waals surface area contributed by atoms with Gasteiger partial charge in [-0.15, -0.1) is 23.4 Å². The molecule has 4 rings (SSSR count). The van der Waals surface area contributed by atoms with Crippen molar-refractivity contribution in [2.24, 2.45) is 0 Å². The van der Waals surface area contributed by atoms with Crippen molar-refractivity contribution in [2.45, 2.75) is 17.7 Å². The monoisotopic (exact) mass is 436 g/mol. The van der Waals surface area contributed by atoms with Crippen LogP contribution in [0.3, 0.4) is 0 Å². The van der Waals surface area contributed by atoms with Crippen LogP contribution in [0.1, 0.15) is 27.4 Å². The summed E-state index contributed by atoms with van der Waals surface area (Å²) >= 11 is 7.96. The lowest BCUT2D eigenvalue weighted by molar-refractivity contribution is -0.116. The number of nitrogens with one attached hydrogen (secondary N) is 1. The number of alkyl halides is 1. The van der Waals surface area contributed by atoms with Gasteiger partial charge >= 0.3 is 0 Å². The van der Waals surface area contributed by atoms with E-state index in [-0.39, 0.29) is 17.2 Å². The van der Waals surface area contributed by atoms with E-state index in [0.29, 0.717) is 11.4 Å². The quantitative estimate of drug-likeness (QED) is 0.522. The summed E-state index contributed by atoms with van der Waals surface area (Å²) in [7, 11) is 0. The fraction of sp³-hybridized carbons (Fsp3) is 0.167. The Bertz CT molecular complexity index is 1070. The summed E-state index contributed by atoms with van der Waals surface area (Å²) in [6.45, 7) is 1.99. The molecule has 0 bridgehead atoms. The van der Waals surface area contributed by atoms with Crippen LogP contribution in [0.5, 0.6) is 0 Å². The first-order valence-electron chi connectivity index (χ1n) is 9.64. The average Bonchev–Trinajstić information content (AvgIpc) is 3.15. The molecule has 4 nitrogen and oxygen atoms in total. The Morgan fingerprint density at radius 2 is 1.70 bits per heavy atom. The van der Waals surface area contributed by atoms with E-state index in [0.717, 1.165) is 22.4 Å². The van der Waals surface area contributed by atoms with E-state index in [9.17, 15) is 9.59 Å². The SMILES string of the molecule is Cc1ccccc1N1C(=O)CS[C@@H]1c1ccccc1NC(=O)[C@@H](Cl)c1ccccc1. The van der Waals surface area contributed by atoms with Gasteiger partial charge in [-0.05, 0) is 30.2 Å². The van der Waals surface area contributed by atoms with Gasteiger partial charge in [-0.3, -0.25) is 14.5 Å². The maximum absolute atomic E-state index is 12.8. The highest BCUT2D eigenvalue weighted by Gasteiger charge is 2.36. The molecule has 2 amide bonds. The van der Waals surface area contributed by atoms with Crippen molar-refractivity contribution in [3.63, 3.8) is 0 Å². The van der Waals surface area contributed by atoms with Crippen LogP contribution in [0.25, 0.3) is 0 Å². The number of hydrogen-bond donors (Lipinski definition) is 1. The average molecular weight is 437 g/mol. The molecule has 30 heavy (non-hydrogen) atoms. The van der Waals surface area contributed by atoms with E-state index in [1.165, 1.54) is 0 Å². The first-order chi connectivity index (χ1) is 14.6. The van der Waals surface area contributed by atoms with Gasteiger partial charge in [0.25, 0.3) is 0 Å². The van der Waals surface area contributed by atoms with Crippen LogP contribution in [0.2, 0.25) is 0 Å². The van der Waals surface area contributed by atoms with Gasteiger partial charge in [-0.2, -0.15) is 0 Å². The number of anilines is 2. The molecule has 1 saturated heterocycles. The minimum Gasteiger partial charge on any atom is -0.324 e. The highest BCUT2D eigenvalue weighted by Crippen LogP contribution is 2.45. The van der Waals surface area contributed by atoms with Crippen molar-refractivity contribution < 1.29 is 9.59 Å². The minimum atomic E-state index is -0.801. The van der Waals surface area contributed by atoms with Gasteiger partial charge in [-0.25, -0.2) is 0 Å². The van der Waals surface area contributed by atoms with Crippen molar-refractivity contribution in [1.82, 2.24) is 0 Å². The number of halogens is 1. The predicted octanol–water partition coefficient (Wildman–Crippen LogP) is 5.69. The van der Waals surface area contributed by atoms with Crippen LogP contribution >= 0.6 is 23.4 Å². The first kappa shape index (κ1) is 20.5. The summed E-state index contributed by atoms with van der Waals surface area (Å²) in [4.78, 5) is 27.4. The predicted molar refractivity (Wildman–Crippen MR) is 124 cm³/mol. The molecule has 3 aromatic carbocycles. The first-order valence-corrected chi connectivity index (χ1v) is 11.1. The molecular formula is C24H21ClN2O2S. The van der Waals surface area contributed by atoms with Crippen molar-refractivity contribution >= 4 is 46.6 Å². The number of nitrogens with zero attached hydrogens (tertiary/aromatic N) is 1. The molecule has 1 heterocycles. The number of benzene rings is 3. The third-order valence-corrected chi connectivity index (χ3v) is 6.69. The van der Waals surface area contributed by atoms with Gasteiger partial charge in [0, 0.05) is 16.9 Å². The highest BCUT2D eigenvalue weighted by atomic mass is 35.5. The van der Waals surface area contributed by atoms with E-state index >= 15 is 0 Å². The van der Waals surface area contributed by atoms with E-state index < -0.39 is 5.38 Å². The molecule has 0 unspecified atom stereocenters. The lowest BCUT2D eigenvalue weighted by Crippen LogP contribution is -2.29. The zero-order valence-electron chi connectivity index (χ0n) is 16.4. The van der Waals surface area contributed by atoms with Crippen LogP contribution < -0.4 is 10.2 Å². The summed E-state index contributed by atoms with van der Waals surface area (Å²) in [5, 5.41) is 1.94. The highest BCUT2D eigenvalue weighted by molar-refractivity contribution is 8.00. The molecule has 1 fully saturated rings. The normalized spacial score (nSPS) is 17.1. The van der Waals surface area contributed by atoms with Crippen LogP contribution in [-0.2, 0) is 9.59 Å². The molecule has 0 aliphatic carbocycles. The minimum absolute atomic E-state index is 0.0555. The molecular weight excluding hydrogens is 416 g/mol. The number of aryl methyl sites for hydroxylation is 1. The molecule has 1 aliphatic rings. The fourth-order valence-corrected chi connectivity index (χ4v) is 4.95. The number of thioether (sulfide) groups is 1. The van der Waals surface area contributed by atoms with Crippen LogP contribution in [-0.4, -0.2) is 17.6 Å². The molecule has 6 heteroatoms. The lowest BCUT2D eigenvalue weighted by Gasteiger charge is -2.27. The van der Waals surface area contributed by atoms with E-state index in [1.807, 2.05) is 90.7 Å². The zero-order valence-corrected chi connectivity index (χ0v) is 18.0. The van der Waals surface area contributed by atoms with Gasteiger partial charge in [0.05, 0.1) is 5.75 Å². The second-order valence-electron chi connectivity index (χ2n) is 7.06. The van der Waals surface area contributed by atoms with E-state index in [4.69, 9.17) is 11.6 Å². The molecule has 3 aromatic rings. The molecule has 0 radical (unpaired) electrons. The fourth-order valence-electron chi connectivity index (χ4n) is 3.54. The molecule has 2 atom stereocenters. The van der Waals surface area contributed by atoms with Crippen LogP contribution in [0, 0.1) is 6.92 Å². The topological polar surface area (TPSA) is 49.4 Å². The molecule has 1 aliphatic heterocycles. The van der Waals surface area contributed by atoms with Gasteiger partial charge in [0.15, 0.2) is 0 Å². The maximum atomic E-state index is 12.8. The van der Waals surface area contributed by atoms with Gasteiger partial charge in [0.1, 0.15) is 10.8 Å². The number of para-hydroxylation sites is 2. The van der Waals surface area contributed by atoms with Crippen molar-refractivity contribution in [1.29, 1.82) is 0 Å². The Hall–Kier alpha value is -2.76. The smallest absolute Gasteiger partial charge is 0.246 e. The van der Waals surface area contributed by atoms with E-state index in [1.54, 1.807) is 11.8 Å². The molecule has 0 aromatic heterocycles. The summed E-state index contributed by atoms with van der Waals surface area (Å²) in [5.74, 6) is 0.149. The summed E-state index contributed by atoms with van der Waals surface area (Å²) in [5.41, 5.74) is 4.20. The molecule has 0 saturated carbocycles. The largest absolute Gasteiger partial charge is 0.324 e. The number of rotatable bonds is 5. The number of hydrogen-bond acceptors (Lipinski definition) is 3. The molecule has 1 N–H and O–H groups in total. The Morgan fingerprint density at radius 3 is 2.47 bits per heavy atom. The number of carbonyl (C=O) groups is 2. The standard InChI is InChI=1S/C24H21ClN2O2S/c1-16-9-5-8-14-20(16)27-21(28)15-30-24(27)18-12-6-7-13-19(18)26-23(29)22(25)17-10-3-2-4-11-17/h2-14,22,24H,15H2,1H3,(H,26,29)/t22-,24+/m0/s1. The number of carbonyl (C=O) groups excluding carboxylic acids is 2. The van der Waals surface area contributed by atoms with Crippen LogP contribution in [0.15, 0.2) is 78.9 Å². The Kier molecular flexibility index (Phi) is 6.11. The van der Waals surface area contributed by atoms with Crippen LogP contribution in [0.4, 0.5) is 11.4 Å². The summed E-state index contributed by atoms with van der Waals surface area (Å²) in [6.07, 6.45) is 0. The Morgan fingerprint density at radius 1 is 1.03 bits per heavy atom. The summed E-state index contributed by atoms with van der Waals surface area (Å²) in [6, 6.07) is 24.7. The third-order valence-electron chi connectivity index (χ3n) is 5.05. The van der Waals surface area contributed by atoms with Gasteiger partial charge in [0.2, 0.25) is 11.8 Å². The third kappa shape index (κ3) is 4.09. The number of amides is 2. The Balaban J connectivity index is 1.64. The van der Waals surface area contributed by atoms with Gasteiger partial charge < -0.3 is 5.32 Å². The second kappa shape index (κ2) is 8.94.